The lowest BCUT2D eigenvalue weighted by Gasteiger charge is -2.45. The number of hydrogen-bond donors (Lipinski definition) is 1. The molecule has 3 rings (SSSR count). The zero-order valence-corrected chi connectivity index (χ0v) is 9.31. The summed E-state index contributed by atoms with van der Waals surface area (Å²) < 4.78 is 0. The van der Waals surface area contributed by atoms with E-state index in [4.69, 9.17) is 0 Å². The van der Waals surface area contributed by atoms with E-state index in [1.807, 2.05) is 23.1 Å². The maximum absolute atomic E-state index is 11.9. The summed E-state index contributed by atoms with van der Waals surface area (Å²) in [5.74, 6) is 0. The first-order chi connectivity index (χ1) is 7.74. The Bertz CT molecular complexity index is 426. The lowest BCUT2D eigenvalue weighted by atomic mass is 10.0. The average Bonchev–Trinajstić information content (AvgIpc) is 2.24. The summed E-state index contributed by atoms with van der Waals surface area (Å²) in [4.78, 5) is 16.0. The first kappa shape index (κ1) is 9.66. The second-order valence-corrected chi connectivity index (χ2v) is 4.59. The Labute approximate surface area is 94.8 Å². The minimum atomic E-state index is 0.0387. The molecule has 2 aliphatic heterocycles. The first-order valence-electron chi connectivity index (χ1n) is 5.58. The average molecular weight is 217 g/mol. The minimum Gasteiger partial charge on any atom is -0.315 e. The van der Waals surface area contributed by atoms with Gasteiger partial charge < -0.3 is 15.1 Å². The molecule has 16 heavy (non-hydrogen) atoms. The third-order valence-electron chi connectivity index (χ3n) is 3.35. The number of fused-ring (bicyclic) bond motifs is 1. The Morgan fingerprint density at radius 1 is 1.31 bits per heavy atom. The molecule has 1 saturated heterocycles. The first-order valence-corrected chi connectivity index (χ1v) is 5.58. The molecule has 0 aromatic heterocycles. The Morgan fingerprint density at radius 3 is 2.81 bits per heavy atom. The fourth-order valence-corrected chi connectivity index (χ4v) is 2.38. The number of hydrogen-bond acceptors (Lipinski definition) is 2. The van der Waals surface area contributed by atoms with Crippen LogP contribution in [0.4, 0.5) is 10.5 Å². The highest BCUT2D eigenvalue weighted by Gasteiger charge is 2.34. The van der Waals surface area contributed by atoms with E-state index in [0.717, 1.165) is 25.3 Å². The highest BCUT2D eigenvalue weighted by atomic mass is 16.2. The molecule has 1 N–H and O–H groups in total. The van der Waals surface area contributed by atoms with E-state index in [-0.39, 0.29) is 6.03 Å². The zero-order valence-electron chi connectivity index (χ0n) is 9.31. The fourth-order valence-electron chi connectivity index (χ4n) is 2.38. The summed E-state index contributed by atoms with van der Waals surface area (Å²) in [7, 11) is 2.08. The maximum Gasteiger partial charge on any atom is 0.322 e. The molecule has 0 radical (unpaired) electrons. The van der Waals surface area contributed by atoms with Crippen LogP contribution in [0, 0.1) is 0 Å². The third kappa shape index (κ3) is 1.46. The van der Waals surface area contributed by atoms with E-state index < -0.39 is 0 Å². The molecule has 0 saturated carbocycles. The number of urea groups is 1. The van der Waals surface area contributed by atoms with Crippen molar-refractivity contribution in [3.63, 3.8) is 0 Å². The van der Waals surface area contributed by atoms with Gasteiger partial charge in [-0.15, -0.1) is 0 Å². The van der Waals surface area contributed by atoms with Crippen LogP contribution in [0.1, 0.15) is 5.56 Å². The van der Waals surface area contributed by atoms with Gasteiger partial charge in [0.1, 0.15) is 0 Å². The lowest BCUT2D eigenvalue weighted by molar-refractivity contribution is 0.0723. The van der Waals surface area contributed by atoms with Crippen molar-refractivity contribution >= 4 is 11.7 Å². The molecule has 0 spiro atoms. The molecule has 0 unspecified atom stereocenters. The van der Waals surface area contributed by atoms with Crippen LogP contribution in [0.3, 0.4) is 0 Å². The molecular formula is C12H15N3O. The quantitative estimate of drug-likeness (QED) is 0.770. The molecule has 4 heteroatoms. The predicted molar refractivity (Wildman–Crippen MR) is 62.3 cm³/mol. The van der Waals surface area contributed by atoms with Gasteiger partial charge in [0.25, 0.3) is 0 Å². The van der Waals surface area contributed by atoms with Gasteiger partial charge in [-0.05, 0) is 18.7 Å². The van der Waals surface area contributed by atoms with Gasteiger partial charge in [-0.2, -0.15) is 0 Å². The highest BCUT2D eigenvalue weighted by molar-refractivity contribution is 5.92. The lowest BCUT2D eigenvalue weighted by Crippen LogP contribution is -2.60. The number of anilines is 1. The largest absolute Gasteiger partial charge is 0.322 e. The van der Waals surface area contributed by atoms with Crippen molar-refractivity contribution in [1.82, 2.24) is 9.80 Å². The number of carbonyl (C=O) groups excluding carboxylic acids is 1. The molecule has 1 aromatic rings. The van der Waals surface area contributed by atoms with E-state index in [9.17, 15) is 4.79 Å². The van der Waals surface area contributed by atoms with Crippen LogP contribution in [-0.4, -0.2) is 42.0 Å². The summed E-state index contributed by atoms with van der Waals surface area (Å²) in [6.07, 6.45) is 0. The Hall–Kier alpha value is -1.55. The number of rotatable bonds is 1. The topological polar surface area (TPSA) is 35.6 Å². The zero-order chi connectivity index (χ0) is 11.1. The van der Waals surface area contributed by atoms with Crippen molar-refractivity contribution in [2.24, 2.45) is 0 Å². The van der Waals surface area contributed by atoms with E-state index in [1.165, 1.54) is 5.56 Å². The van der Waals surface area contributed by atoms with Gasteiger partial charge in [-0.25, -0.2) is 4.79 Å². The molecule has 2 amide bonds. The van der Waals surface area contributed by atoms with Crippen molar-refractivity contribution in [2.45, 2.75) is 12.6 Å². The molecule has 1 aromatic carbocycles. The van der Waals surface area contributed by atoms with Gasteiger partial charge in [-0.3, -0.25) is 0 Å². The van der Waals surface area contributed by atoms with E-state index in [1.54, 1.807) is 0 Å². The molecular weight excluding hydrogens is 202 g/mol. The fraction of sp³-hybridized carbons (Fsp3) is 0.417. The van der Waals surface area contributed by atoms with Crippen molar-refractivity contribution in [2.75, 3.05) is 25.5 Å². The highest BCUT2D eigenvalue weighted by Crippen LogP contribution is 2.26. The van der Waals surface area contributed by atoms with Crippen LogP contribution in [0.25, 0.3) is 0 Å². The van der Waals surface area contributed by atoms with Crippen molar-refractivity contribution in [3.8, 4) is 0 Å². The Balaban J connectivity index is 1.81. The number of carbonyl (C=O) groups is 1. The second-order valence-electron chi connectivity index (χ2n) is 4.59. The summed E-state index contributed by atoms with van der Waals surface area (Å²) in [5, 5.41) is 2.94. The van der Waals surface area contributed by atoms with E-state index in [0.29, 0.717) is 6.04 Å². The normalized spacial score (nSPS) is 21.3. The standard InChI is InChI=1S/C12H15N3O/c1-14-7-10(8-14)15-6-9-4-2-3-5-11(9)13-12(15)16/h2-5,10H,6-8H2,1H3,(H,13,16). The van der Waals surface area contributed by atoms with Gasteiger partial charge >= 0.3 is 6.03 Å². The van der Waals surface area contributed by atoms with Gasteiger partial charge in [0.15, 0.2) is 0 Å². The van der Waals surface area contributed by atoms with E-state index >= 15 is 0 Å². The van der Waals surface area contributed by atoms with Gasteiger partial charge in [0, 0.05) is 25.3 Å². The molecule has 0 bridgehead atoms. The molecule has 84 valence electrons. The second kappa shape index (κ2) is 3.49. The summed E-state index contributed by atoms with van der Waals surface area (Å²) >= 11 is 0. The van der Waals surface area contributed by atoms with Crippen molar-refractivity contribution in [3.05, 3.63) is 29.8 Å². The molecule has 1 fully saturated rings. The smallest absolute Gasteiger partial charge is 0.315 e. The van der Waals surface area contributed by atoms with Crippen LogP contribution in [0.2, 0.25) is 0 Å². The van der Waals surface area contributed by atoms with Crippen molar-refractivity contribution < 1.29 is 4.79 Å². The monoisotopic (exact) mass is 217 g/mol. The van der Waals surface area contributed by atoms with Gasteiger partial charge in [0.05, 0.1) is 6.04 Å². The third-order valence-corrected chi connectivity index (χ3v) is 3.35. The minimum absolute atomic E-state index is 0.0387. The Morgan fingerprint density at radius 2 is 2.06 bits per heavy atom. The van der Waals surface area contributed by atoms with Crippen LogP contribution in [0.15, 0.2) is 24.3 Å². The van der Waals surface area contributed by atoms with Crippen LogP contribution in [0.5, 0.6) is 0 Å². The summed E-state index contributed by atoms with van der Waals surface area (Å²) in [6, 6.07) is 8.41. The maximum atomic E-state index is 11.9. The molecule has 0 aliphatic carbocycles. The van der Waals surface area contributed by atoms with Crippen molar-refractivity contribution in [1.29, 1.82) is 0 Å². The summed E-state index contributed by atoms with van der Waals surface area (Å²) in [5.41, 5.74) is 2.16. The SMILES string of the molecule is CN1CC(N2Cc3ccccc3NC2=O)C1. The Kier molecular flexibility index (Phi) is 2.11. The predicted octanol–water partition coefficient (Wildman–Crippen LogP) is 1.35. The number of likely N-dealkylation sites (tertiary alicyclic amines) is 1. The summed E-state index contributed by atoms with van der Waals surface area (Å²) in [6.45, 7) is 2.70. The molecule has 2 heterocycles. The number of nitrogens with one attached hydrogen (secondary N) is 1. The van der Waals surface area contributed by atoms with Gasteiger partial charge in [-0.1, -0.05) is 18.2 Å². The number of para-hydroxylation sites is 1. The van der Waals surface area contributed by atoms with Crippen LogP contribution >= 0.6 is 0 Å². The molecule has 4 nitrogen and oxygen atoms in total. The number of nitrogens with zero attached hydrogens (tertiary/aromatic N) is 2. The number of benzene rings is 1. The number of likely N-dealkylation sites (N-methyl/N-ethyl adjacent to an activating group) is 1. The molecule has 2 aliphatic rings. The van der Waals surface area contributed by atoms with Crippen LogP contribution in [-0.2, 0) is 6.54 Å². The van der Waals surface area contributed by atoms with Crippen LogP contribution < -0.4 is 5.32 Å². The molecule has 0 atom stereocenters. The van der Waals surface area contributed by atoms with Gasteiger partial charge in [0.2, 0.25) is 0 Å². The van der Waals surface area contributed by atoms with E-state index in [2.05, 4.69) is 23.3 Å². The number of amides is 2.